The Hall–Kier alpha value is -0.840. The van der Waals surface area contributed by atoms with E-state index < -0.39 is 9.96 Å². The Bertz CT molecular complexity index is 429. The van der Waals surface area contributed by atoms with Crippen molar-refractivity contribution in [1.82, 2.24) is 10.2 Å². The van der Waals surface area contributed by atoms with E-state index in [4.69, 9.17) is 34.8 Å². The van der Waals surface area contributed by atoms with Crippen LogP contribution in [0.15, 0.2) is 24.3 Å². The minimum atomic E-state index is -1.67. The molecule has 1 aromatic carbocycles. The number of rotatable bonds is 3. The maximum Gasteiger partial charge on any atom is 0.318 e. The second kappa shape index (κ2) is 6.55. The van der Waals surface area contributed by atoms with E-state index in [9.17, 15) is 4.79 Å². The number of nitrogens with zero attached hydrogens (tertiary/aromatic N) is 1. The Morgan fingerprint density at radius 1 is 1.21 bits per heavy atom. The van der Waals surface area contributed by atoms with Crippen LogP contribution in [0.2, 0.25) is 0 Å². The van der Waals surface area contributed by atoms with Crippen molar-refractivity contribution in [2.45, 2.75) is 16.9 Å². The van der Waals surface area contributed by atoms with Gasteiger partial charge in [-0.2, -0.15) is 0 Å². The van der Waals surface area contributed by atoms with Crippen molar-refractivity contribution >= 4 is 46.5 Å². The molecule has 0 unspecified atom stereocenters. The zero-order valence-electron chi connectivity index (χ0n) is 10.9. The highest BCUT2D eigenvalue weighted by atomic mass is 35.6. The lowest BCUT2D eigenvalue weighted by atomic mass is 10.2. The molecule has 7 heteroatoms. The normalized spacial score (nSPS) is 12.7. The number of anilines is 1. The lowest BCUT2D eigenvalue weighted by Gasteiger charge is -2.28. The number of hydrogen-bond acceptors (Lipinski definition) is 2. The molecule has 0 fully saturated rings. The first kappa shape index (κ1) is 16.2. The third-order valence-corrected chi connectivity index (χ3v) is 3.02. The van der Waals surface area contributed by atoms with Crippen molar-refractivity contribution in [2.75, 3.05) is 19.4 Å². The maximum atomic E-state index is 11.6. The third-order valence-electron chi connectivity index (χ3n) is 2.36. The molecule has 2 amide bonds. The summed E-state index contributed by atoms with van der Waals surface area (Å²) in [5.74, 6) is 0. The molecule has 0 aromatic heterocycles. The van der Waals surface area contributed by atoms with Crippen LogP contribution in [0.5, 0.6) is 0 Å². The lowest BCUT2D eigenvalue weighted by Crippen LogP contribution is -2.52. The molecule has 0 aliphatic carbocycles. The summed E-state index contributed by atoms with van der Waals surface area (Å²) in [5.41, 5.74) is 1.87. The van der Waals surface area contributed by atoms with Crippen LogP contribution < -0.4 is 10.6 Å². The molecule has 0 spiro atoms. The van der Waals surface area contributed by atoms with Crippen molar-refractivity contribution in [3.05, 3.63) is 29.8 Å². The number of halogens is 3. The Labute approximate surface area is 128 Å². The summed E-state index contributed by atoms with van der Waals surface area (Å²) in [7, 11) is 3.22. The number of aryl methyl sites for hydroxylation is 1. The number of alkyl halides is 3. The lowest BCUT2D eigenvalue weighted by molar-refractivity contribution is 0.214. The Balaban J connectivity index is 2.81. The summed E-state index contributed by atoms with van der Waals surface area (Å²) in [5, 5.41) is 5.58. The summed E-state index contributed by atoms with van der Waals surface area (Å²) in [4.78, 5) is 13.0. The summed E-state index contributed by atoms with van der Waals surface area (Å²) < 4.78 is -1.67. The Morgan fingerprint density at radius 2 is 1.74 bits per heavy atom. The van der Waals surface area contributed by atoms with Gasteiger partial charge in [-0.15, -0.1) is 0 Å². The van der Waals surface area contributed by atoms with Gasteiger partial charge in [-0.1, -0.05) is 52.5 Å². The molecule has 106 valence electrons. The average molecular weight is 325 g/mol. The molecule has 0 saturated carbocycles. The molecule has 0 heterocycles. The molecule has 1 aromatic rings. The van der Waals surface area contributed by atoms with Crippen molar-refractivity contribution < 1.29 is 4.79 Å². The third kappa shape index (κ3) is 5.35. The van der Waals surface area contributed by atoms with Crippen molar-refractivity contribution in [3.63, 3.8) is 0 Å². The molecule has 19 heavy (non-hydrogen) atoms. The summed E-state index contributed by atoms with van der Waals surface area (Å²) in [6.07, 6.45) is -0.838. The highest BCUT2D eigenvalue weighted by Crippen LogP contribution is 2.31. The van der Waals surface area contributed by atoms with Gasteiger partial charge in [0.05, 0.1) is 0 Å². The smallest absolute Gasteiger partial charge is 0.318 e. The molecular formula is C12H16Cl3N3O. The van der Waals surface area contributed by atoms with E-state index in [1.54, 1.807) is 14.1 Å². The molecule has 0 aliphatic heterocycles. The van der Waals surface area contributed by atoms with Gasteiger partial charge >= 0.3 is 6.03 Å². The first-order valence-electron chi connectivity index (χ1n) is 5.58. The van der Waals surface area contributed by atoms with Crippen molar-refractivity contribution in [2.24, 2.45) is 0 Å². The fourth-order valence-electron chi connectivity index (χ4n) is 1.27. The zero-order chi connectivity index (χ0) is 14.6. The van der Waals surface area contributed by atoms with E-state index in [2.05, 4.69) is 10.6 Å². The average Bonchev–Trinajstić information content (AvgIpc) is 2.29. The molecule has 1 atom stereocenters. The van der Waals surface area contributed by atoms with Gasteiger partial charge in [0, 0.05) is 19.8 Å². The number of carbonyl (C=O) groups excluding carboxylic acids is 1. The van der Waals surface area contributed by atoms with Gasteiger partial charge in [0.1, 0.15) is 6.17 Å². The van der Waals surface area contributed by atoms with Gasteiger partial charge in [0.25, 0.3) is 0 Å². The monoisotopic (exact) mass is 323 g/mol. The minimum Gasteiger partial charge on any atom is -0.362 e. The van der Waals surface area contributed by atoms with Crippen LogP contribution in [0.4, 0.5) is 10.5 Å². The molecule has 4 nitrogen and oxygen atoms in total. The standard InChI is InChI=1S/C12H16Cl3N3O/c1-8-4-6-9(7-5-8)16-10(12(13,14)15)17-11(19)18(2)3/h4-7,10,16H,1-3H3,(H,17,19)/t10-/m1/s1. The van der Waals surface area contributed by atoms with E-state index in [0.717, 1.165) is 11.3 Å². The van der Waals surface area contributed by atoms with E-state index in [0.29, 0.717) is 0 Å². The molecule has 2 N–H and O–H groups in total. The fraction of sp³-hybridized carbons (Fsp3) is 0.417. The van der Waals surface area contributed by atoms with Crippen LogP contribution in [0.3, 0.4) is 0 Å². The van der Waals surface area contributed by atoms with Gasteiger partial charge in [0.15, 0.2) is 0 Å². The predicted molar refractivity (Wildman–Crippen MR) is 81.1 cm³/mol. The number of nitrogens with one attached hydrogen (secondary N) is 2. The highest BCUT2D eigenvalue weighted by Gasteiger charge is 2.34. The largest absolute Gasteiger partial charge is 0.362 e. The molecule has 0 radical (unpaired) electrons. The molecular weight excluding hydrogens is 309 g/mol. The highest BCUT2D eigenvalue weighted by molar-refractivity contribution is 6.68. The van der Waals surface area contributed by atoms with E-state index in [1.165, 1.54) is 4.90 Å². The van der Waals surface area contributed by atoms with Gasteiger partial charge < -0.3 is 15.5 Å². The molecule has 0 aliphatic rings. The maximum absolute atomic E-state index is 11.6. The number of benzene rings is 1. The van der Waals surface area contributed by atoms with Crippen LogP contribution in [0, 0.1) is 6.92 Å². The molecule has 0 saturated heterocycles. The predicted octanol–water partition coefficient (Wildman–Crippen LogP) is 3.37. The van der Waals surface area contributed by atoms with Crippen LogP contribution in [0.25, 0.3) is 0 Å². The van der Waals surface area contributed by atoms with E-state index in [1.807, 2.05) is 31.2 Å². The van der Waals surface area contributed by atoms with Gasteiger partial charge in [-0.25, -0.2) is 4.79 Å². The summed E-state index contributed by atoms with van der Waals surface area (Å²) in [6.45, 7) is 1.98. The number of carbonyl (C=O) groups is 1. The second-order valence-corrected chi connectivity index (χ2v) is 6.70. The minimum absolute atomic E-state index is 0.351. The van der Waals surface area contributed by atoms with E-state index >= 15 is 0 Å². The topological polar surface area (TPSA) is 44.4 Å². The van der Waals surface area contributed by atoms with E-state index in [-0.39, 0.29) is 6.03 Å². The van der Waals surface area contributed by atoms with Gasteiger partial charge in [-0.3, -0.25) is 0 Å². The number of hydrogen-bond donors (Lipinski definition) is 2. The van der Waals surface area contributed by atoms with Crippen LogP contribution in [-0.2, 0) is 0 Å². The van der Waals surface area contributed by atoms with Crippen molar-refractivity contribution in [3.8, 4) is 0 Å². The van der Waals surface area contributed by atoms with Crippen LogP contribution >= 0.6 is 34.8 Å². The van der Waals surface area contributed by atoms with Gasteiger partial charge in [-0.05, 0) is 19.1 Å². The fourth-order valence-corrected chi connectivity index (χ4v) is 1.60. The second-order valence-electron chi connectivity index (χ2n) is 4.33. The summed E-state index contributed by atoms with van der Waals surface area (Å²) >= 11 is 17.6. The van der Waals surface area contributed by atoms with Crippen LogP contribution in [0.1, 0.15) is 5.56 Å². The number of urea groups is 1. The first-order chi connectivity index (χ1) is 8.70. The quantitative estimate of drug-likeness (QED) is 0.661. The first-order valence-corrected chi connectivity index (χ1v) is 6.71. The Kier molecular flexibility index (Phi) is 5.59. The Morgan fingerprint density at radius 3 is 2.16 bits per heavy atom. The van der Waals surface area contributed by atoms with Gasteiger partial charge in [0.2, 0.25) is 3.79 Å². The van der Waals surface area contributed by atoms with Crippen molar-refractivity contribution in [1.29, 1.82) is 0 Å². The SMILES string of the molecule is Cc1ccc(N[C@H](NC(=O)N(C)C)C(Cl)(Cl)Cl)cc1. The molecule has 0 bridgehead atoms. The van der Waals surface area contributed by atoms with Crippen LogP contribution in [-0.4, -0.2) is 35.0 Å². The molecule has 1 rings (SSSR count). The zero-order valence-corrected chi connectivity index (χ0v) is 13.1. The summed E-state index contributed by atoms with van der Waals surface area (Å²) in [6, 6.07) is 7.19. The number of amides is 2.